The maximum atomic E-state index is 13.9. The molecular formula is C14H10ClF2NO2S. The highest BCUT2D eigenvalue weighted by molar-refractivity contribution is 7.13. The summed E-state index contributed by atoms with van der Waals surface area (Å²) in [6, 6.07) is 4.27. The van der Waals surface area contributed by atoms with Gasteiger partial charge in [0.25, 0.3) is 5.92 Å². The summed E-state index contributed by atoms with van der Waals surface area (Å²) in [6.07, 6.45) is -0.00599. The predicted octanol–water partition coefficient (Wildman–Crippen LogP) is 4.13. The van der Waals surface area contributed by atoms with Gasteiger partial charge < -0.3 is 4.74 Å². The number of alkyl halides is 2. The SMILES string of the molecule is Cc1sc(C=O)cc1C1OCC(F)(F)c2ccc(Cl)nc21. The number of aldehydes is 1. The van der Waals surface area contributed by atoms with Crippen molar-refractivity contribution >= 4 is 29.2 Å². The molecule has 0 N–H and O–H groups in total. The van der Waals surface area contributed by atoms with E-state index in [9.17, 15) is 13.6 Å². The molecule has 1 aliphatic heterocycles. The Morgan fingerprint density at radius 1 is 1.52 bits per heavy atom. The van der Waals surface area contributed by atoms with Gasteiger partial charge in [0.05, 0.1) is 10.6 Å². The molecule has 3 heterocycles. The van der Waals surface area contributed by atoms with Crippen LogP contribution in [0.15, 0.2) is 18.2 Å². The number of carbonyl (C=O) groups excluding carboxylic acids is 1. The van der Waals surface area contributed by atoms with Crippen LogP contribution < -0.4 is 0 Å². The number of pyridine rings is 1. The predicted molar refractivity (Wildman–Crippen MR) is 75.4 cm³/mol. The van der Waals surface area contributed by atoms with Gasteiger partial charge in [-0.3, -0.25) is 4.79 Å². The molecule has 1 atom stereocenters. The second-order valence-corrected chi connectivity index (χ2v) is 6.42. The van der Waals surface area contributed by atoms with Crippen molar-refractivity contribution in [1.29, 1.82) is 0 Å². The van der Waals surface area contributed by atoms with E-state index in [1.165, 1.54) is 23.5 Å². The molecule has 0 aliphatic carbocycles. The summed E-state index contributed by atoms with van der Waals surface area (Å²) in [4.78, 5) is 16.2. The monoisotopic (exact) mass is 329 g/mol. The number of aromatic nitrogens is 1. The van der Waals surface area contributed by atoms with E-state index in [0.717, 1.165) is 11.2 Å². The van der Waals surface area contributed by atoms with Gasteiger partial charge in [-0.05, 0) is 25.1 Å². The van der Waals surface area contributed by atoms with Gasteiger partial charge in [0.1, 0.15) is 17.9 Å². The first kappa shape index (κ1) is 14.6. The highest BCUT2D eigenvalue weighted by Gasteiger charge is 2.43. The summed E-state index contributed by atoms with van der Waals surface area (Å²) in [7, 11) is 0. The van der Waals surface area contributed by atoms with Gasteiger partial charge in [-0.15, -0.1) is 11.3 Å². The van der Waals surface area contributed by atoms with E-state index in [1.54, 1.807) is 6.07 Å². The zero-order valence-corrected chi connectivity index (χ0v) is 12.5. The summed E-state index contributed by atoms with van der Waals surface area (Å²) in [5.74, 6) is -3.10. The molecule has 7 heteroatoms. The second kappa shape index (κ2) is 5.12. The molecule has 0 bridgehead atoms. The zero-order chi connectivity index (χ0) is 15.2. The number of ether oxygens (including phenoxy) is 1. The van der Waals surface area contributed by atoms with Crippen molar-refractivity contribution in [1.82, 2.24) is 4.98 Å². The third-order valence-electron chi connectivity index (χ3n) is 3.34. The van der Waals surface area contributed by atoms with E-state index in [-0.39, 0.29) is 16.4 Å². The molecule has 2 aromatic heterocycles. The maximum Gasteiger partial charge on any atom is 0.297 e. The van der Waals surface area contributed by atoms with E-state index in [4.69, 9.17) is 16.3 Å². The molecule has 3 nitrogen and oxygen atoms in total. The number of nitrogens with zero attached hydrogens (tertiary/aromatic N) is 1. The summed E-state index contributed by atoms with van der Waals surface area (Å²) in [6.45, 7) is 1.09. The maximum absolute atomic E-state index is 13.9. The second-order valence-electron chi connectivity index (χ2n) is 4.74. The molecule has 0 saturated carbocycles. The molecule has 0 radical (unpaired) electrons. The van der Waals surface area contributed by atoms with Crippen molar-refractivity contribution < 1.29 is 18.3 Å². The van der Waals surface area contributed by atoms with Crippen LogP contribution in [0, 0.1) is 6.92 Å². The minimum atomic E-state index is -3.10. The highest BCUT2D eigenvalue weighted by atomic mass is 35.5. The van der Waals surface area contributed by atoms with Crippen LogP contribution in [0.5, 0.6) is 0 Å². The van der Waals surface area contributed by atoms with Gasteiger partial charge in [0.2, 0.25) is 0 Å². The lowest BCUT2D eigenvalue weighted by Gasteiger charge is -2.30. The first-order valence-corrected chi connectivity index (χ1v) is 7.33. The molecule has 1 unspecified atom stereocenters. The smallest absolute Gasteiger partial charge is 0.297 e. The Morgan fingerprint density at radius 3 is 2.95 bits per heavy atom. The van der Waals surface area contributed by atoms with Crippen LogP contribution in [0.4, 0.5) is 8.78 Å². The Hall–Kier alpha value is -1.37. The third-order valence-corrected chi connectivity index (χ3v) is 4.54. The van der Waals surface area contributed by atoms with E-state index < -0.39 is 18.6 Å². The molecular weight excluding hydrogens is 320 g/mol. The van der Waals surface area contributed by atoms with Crippen molar-refractivity contribution in [2.75, 3.05) is 6.61 Å². The van der Waals surface area contributed by atoms with Crippen LogP contribution in [-0.2, 0) is 10.7 Å². The molecule has 0 saturated heterocycles. The minimum Gasteiger partial charge on any atom is -0.360 e. The molecule has 0 spiro atoms. The largest absolute Gasteiger partial charge is 0.360 e. The van der Waals surface area contributed by atoms with Crippen LogP contribution in [0.25, 0.3) is 0 Å². The van der Waals surface area contributed by atoms with Crippen LogP contribution >= 0.6 is 22.9 Å². The number of hydrogen-bond acceptors (Lipinski definition) is 4. The van der Waals surface area contributed by atoms with Crippen molar-refractivity contribution in [3.8, 4) is 0 Å². The molecule has 1 aliphatic rings. The van der Waals surface area contributed by atoms with Gasteiger partial charge in [-0.25, -0.2) is 4.98 Å². The van der Waals surface area contributed by atoms with E-state index in [1.807, 2.05) is 6.92 Å². The van der Waals surface area contributed by atoms with Crippen LogP contribution in [0.3, 0.4) is 0 Å². The fraction of sp³-hybridized carbons (Fsp3) is 0.286. The molecule has 110 valence electrons. The molecule has 0 fully saturated rings. The first-order valence-electron chi connectivity index (χ1n) is 6.14. The standard InChI is InChI=1S/C14H10ClF2NO2S/c1-7-9(4-8(5-19)21-7)13-12-10(2-3-11(15)18-12)14(16,17)6-20-13/h2-5,13H,6H2,1H3. The van der Waals surface area contributed by atoms with E-state index >= 15 is 0 Å². The molecule has 3 rings (SSSR count). The number of thiophene rings is 1. The number of aryl methyl sites for hydroxylation is 1. The Bertz CT molecular complexity index is 717. The van der Waals surface area contributed by atoms with Gasteiger partial charge in [0, 0.05) is 16.0 Å². The number of carbonyl (C=O) groups is 1. The number of fused-ring (bicyclic) bond motifs is 1. The van der Waals surface area contributed by atoms with Crippen LogP contribution in [0.2, 0.25) is 5.15 Å². The Balaban J connectivity index is 2.15. The van der Waals surface area contributed by atoms with Gasteiger partial charge >= 0.3 is 0 Å². The molecule has 0 amide bonds. The number of hydrogen-bond donors (Lipinski definition) is 0. The van der Waals surface area contributed by atoms with E-state index in [2.05, 4.69) is 4.98 Å². The average molecular weight is 330 g/mol. The Kier molecular flexibility index (Phi) is 3.55. The highest BCUT2D eigenvalue weighted by Crippen LogP contribution is 2.44. The summed E-state index contributed by atoms with van der Waals surface area (Å²) in [5, 5.41) is 0.128. The molecule has 21 heavy (non-hydrogen) atoms. The summed E-state index contributed by atoms with van der Waals surface area (Å²) < 4.78 is 33.2. The van der Waals surface area contributed by atoms with Crippen LogP contribution in [0.1, 0.15) is 37.5 Å². The Morgan fingerprint density at radius 2 is 2.29 bits per heavy atom. The molecule has 0 aromatic carbocycles. The lowest BCUT2D eigenvalue weighted by atomic mass is 9.96. The van der Waals surface area contributed by atoms with Crippen LogP contribution in [-0.4, -0.2) is 17.9 Å². The van der Waals surface area contributed by atoms with Crippen molar-refractivity contribution in [3.63, 3.8) is 0 Å². The van der Waals surface area contributed by atoms with Crippen molar-refractivity contribution in [3.05, 3.63) is 49.9 Å². The Labute approximate surface area is 128 Å². The number of halogens is 3. The first-order chi connectivity index (χ1) is 9.92. The lowest BCUT2D eigenvalue weighted by Crippen LogP contribution is -2.31. The minimum absolute atomic E-state index is 0.108. The zero-order valence-electron chi connectivity index (χ0n) is 10.9. The fourth-order valence-electron chi connectivity index (χ4n) is 2.38. The fourth-order valence-corrected chi connectivity index (χ4v) is 3.40. The number of rotatable bonds is 2. The lowest BCUT2D eigenvalue weighted by molar-refractivity contribution is -0.117. The molecule has 2 aromatic rings. The van der Waals surface area contributed by atoms with Gasteiger partial charge in [-0.2, -0.15) is 8.78 Å². The van der Waals surface area contributed by atoms with E-state index in [0.29, 0.717) is 10.4 Å². The third kappa shape index (κ3) is 2.47. The quantitative estimate of drug-likeness (QED) is 0.614. The van der Waals surface area contributed by atoms with Gasteiger partial charge in [-0.1, -0.05) is 11.6 Å². The van der Waals surface area contributed by atoms with Crippen molar-refractivity contribution in [2.24, 2.45) is 0 Å². The normalized spacial score (nSPS) is 20.1. The summed E-state index contributed by atoms with van der Waals surface area (Å²) >= 11 is 7.12. The van der Waals surface area contributed by atoms with Crippen molar-refractivity contribution in [2.45, 2.75) is 19.0 Å². The van der Waals surface area contributed by atoms with Gasteiger partial charge in [0.15, 0.2) is 6.29 Å². The topological polar surface area (TPSA) is 39.2 Å². The summed E-state index contributed by atoms with van der Waals surface area (Å²) in [5.41, 5.74) is 0.604. The average Bonchev–Trinajstić information content (AvgIpc) is 2.80.